The lowest BCUT2D eigenvalue weighted by Crippen LogP contribution is -2.27. The van der Waals surface area contributed by atoms with Gasteiger partial charge in [-0.1, -0.05) is 11.8 Å². The Labute approximate surface area is 188 Å². The van der Waals surface area contributed by atoms with Crippen molar-refractivity contribution in [1.82, 2.24) is 29.9 Å². The van der Waals surface area contributed by atoms with Crippen molar-refractivity contribution in [2.75, 3.05) is 40.6 Å². The van der Waals surface area contributed by atoms with Crippen molar-refractivity contribution in [3.8, 4) is 0 Å². The smallest absolute Gasteiger partial charge is 0.228 e. The van der Waals surface area contributed by atoms with Gasteiger partial charge in [0.2, 0.25) is 29.1 Å². The summed E-state index contributed by atoms with van der Waals surface area (Å²) in [6, 6.07) is 0.267. The Kier molecular flexibility index (Phi) is 10.8. The van der Waals surface area contributed by atoms with E-state index < -0.39 is 0 Å². The molecule has 0 unspecified atom stereocenters. The van der Waals surface area contributed by atoms with Crippen molar-refractivity contribution < 1.29 is 0 Å². The molecule has 0 atom stereocenters. The normalized spacial score (nSPS) is 10.9. The zero-order valence-electron chi connectivity index (χ0n) is 19.0. The molecule has 168 valence electrons. The maximum absolute atomic E-state index is 5.73. The summed E-state index contributed by atoms with van der Waals surface area (Å²) in [5.41, 5.74) is -0.0550. The number of thioether (sulfide) groups is 1. The topological polar surface area (TPSA) is 125 Å². The van der Waals surface area contributed by atoms with Gasteiger partial charge < -0.3 is 21.3 Å². The van der Waals surface area contributed by atoms with E-state index in [1.807, 2.05) is 34.0 Å². The minimum absolute atomic E-state index is 0.0550. The van der Waals surface area contributed by atoms with E-state index in [2.05, 4.69) is 71.9 Å². The van der Waals surface area contributed by atoms with Gasteiger partial charge in [-0.05, 0) is 66.3 Å². The van der Waals surface area contributed by atoms with Crippen LogP contribution in [0.15, 0.2) is 5.16 Å². The molecule has 0 aliphatic heterocycles. The predicted molar refractivity (Wildman–Crippen MR) is 127 cm³/mol. The quantitative estimate of drug-likeness (QED) is 0.430. The molecule has 0 aromatic carbocycles. The van der Waals surface area contributed by atoms with Crippen LogP contribution in [0, 0.1) is 0 Å². The Morgan fingerprint density at radius 1 is 0.833 bits per heavy atom. The standard InChI is InChI=1S/C10H19N5S.C8H14ClN5/c1-6-11-7-12-8(15-10(2,3)4)14-9(13-7)16-5;1-4-10-7-12-6(9)13-8(14-7)11-5(2)3/h6H2,1-5H3,(H2,11,12,13,14,15);5H,4H2,1-3H3,(H2,10,11,12,13,14). The molecule has 30 heavy (non-hydrogen) atoms. The van der Waals surface area contributed by atoms with Gasteiger partial charge in [-0.15, -0.1) is 0 Å². The van der Waals surface area contributed by atoms with Crippen molar-refractivity contribution in [3.05, 3.63) is 5.28 Å². The molecular formula is C18H33ClN10S. The summed E-state index contributed by atoms with van der Waals surface area (Å²) in [5, 5.41) is 13.3. The number of aromatic nitrogens is 6. The van der Waals surface area contributed by atoms with Crippen LogP contribution in [0.4, 0.5) is 23.8 Å². The summed E-state index contributed by atoms with van der Waals surface area (Å²) in [4.78, 5) is 24.9. The molecule has 0 bridgehead atoms. The van der Waals surface area contributed by atoms with Crippen molar-refractivity contribution in [2.24, 2.45) is 0 Å². The number of rotatable bonds is 8. The van der Waals surface area contributed by atoms with Crippen molar-refractivity contribution in [2.45, 2.75) is 65.2 Å². The fraction of sp³-hybridized carbons (Fsp3) is 0.667. The Morgan fingerprint density at radius 2 is 1.33 bits per heavy atom. The molecule has 2 heterocycles. The second kappa shape index (κ2) is 12.5. The molecule has 0 fully saturated rings. The molecule has 0 saturated carbocycles. The van der Waals surface area contributed by atoms with Crippen LogP contribution in [0.25, 0.3) is 0 Å². The fourth-order valence-electron chi connectivity index (χ4n) is 1.99. The summed E-state index contributed by atoms with van der Waals surface area (Å²) in [7, 11) is 0. The van der Waals surface area contributed by atoms with E-state index in [0.29, 0.717) is 23.8 Å². The van der Waals surface area contributed by atoms with E-state index in [1.165, 1.54) is 11.8 Å². The minimum Gasteiger partial charge on any atom is -0.354 e. The summed E-state index contributed by atoms with van der Waals surface area (Å²) in [5.74, 6) is 2.23. The van der Waals surface area contributed by atoms with Gasteiger partial charge in [0, 0.05) is 24.7 Å². The second-order valence-corrected chi connectivity index (χ2v) is 8.57. The van der Waals surface area contributed by atoms with Gasteiger partial charge in [-0.25, -0.2) is 0 Å². The van der Waals surface area contributed by atoms with Gasteiger partial charge in [0.05, 0.1) is 0 Å². The monoisotopic (exact) mass is 456 g/mol. The van der Waals surface area contributed by atoms with Crippen LogP contribution in [-0.2, 0) is 0 Å². The third kappa shape index (κ3) is 10.6. The van der Waals surface area contributed by atoms with E-state index in [9.17, 15) is 0 Å². The Balaban J connectivity index is 0.000000303. The summed E-state index contributed by atoms with van der Waals surface area (Å²) in [6.07, 6.45) is 1.95. The van der Waals surface area contributed by atoms with Crippen LogP contribution in [0.5, 0.6) is 0 Å². The van der Waals surface area contributed by atoms with Crippen molar-refractivity contribution in [3.63, 3.8) is 0 Å². The van der Waals surface area contributed by atoms with E-state index >= 15 is 0 Å². The first kappa shape index (κ1) is 25.9. The van der Waals surface area contributed by atoms with Crippen LogP contribution in [0.1, 0.15) is 48.5 Å². The lowest BCUT2D eigenvalue weighted by atomic mass is 10.1. The molecule has 12 heteroatoms. The minimum atomic E-state index is -0.0550. The summed E-state index contributed by atoms with van der Waals surface area (Å²) < 4.78 is 0. The van der Waals surface area contributed by atoms with Gasteiger partial charge in [0.25, 0.3) is 0 Å². The molecule has 2 rings (SSSR count). The largest absolute Gasteiger partial charge is 0.354 e. The van der Waals surface area contributed by atoms with Gasteiger partial charge >= 0.3 is 0 Å². The Hall–Kier alpha value is -2.14. The zero-order chi connectivity index (χ0) is 22.7. The maximum atomic E-state index is 5.73. The Morgan fingerprint density at radius 3 is 1.83 bits per heavy atom. The highest BCUT2D eigenvalue weighted by atomic mass is 35.5. The number of anilines is 4. The van der Waals surface area contributed by atoms with Crippen molar-refractivity contribution in [1.29, 1.82) is 0 Å². The number of nitrogens with one attached hydrogen (secondary N) is 4. The highest BCUT2D eigenvalue weighted by molar-refractivity contribution is 7.98. The lowest BCUT2D eigenvalue weighted by molar-refractivity contribution is 0.622. The van der Waals surface area contributed by atoms with Gasteiger partial charge in [0.1, 0.15) is 0 Å². The molecule has 0 radical (unpaired) electrons. The van der Waals surface area contributed by atoms with E-state index in [1.54, 1.807) is 0 Å². The first-order chi connectivity index (χ1) is 14.1. The third-order valence-electron chi connectivity index (χ3n) is 2.98. The molecule has 4 N–H and O–H groups in total. The summed E-state index contributed by atoms with van der Waals surface area (Å²) >= 11 is 7.23. The molecule has 10 nitrogen and oxygen atoms in total. The predicted octanol–water partition coefficient (Wildman–Crippen LogP) is 4.01. The number of hydrogen-bond acceptors (Lipinski definition) is 11. The third-order valence-corrected chi connectivity index (χ3v) is 3.70. The molecule has 0 aliphatic rings. The zero-order valence-corrected chi connectivity index (χ0v) is 20.5. The molecule has 0 spiro atoms. The maximum Gasteiger partial charge on any atom is 0.228 e. The summed E-state index contributed by atoms with van der Waals surface area (Å²) in [6.45, 7) is 15.8. The van der Waals surface area contributed by atoms with Crippen molar-refractivity contribution >= 4 is 47.2 Å². The lowest BCUT2D eigenvalue weighted by Gasteiger charge is -2.20. The second-order valence-electron chi connectivity index (χ2n) is 7.46. The first-order valence-corrected chi connectivity index (χ1v) is 11.4. The molecule has 2 aromatic rings. The highest BCUT2D eigenvalue weighted by Gasteiger charge is 2.13. The molecular weight excluding hydrogens is 424 g/mol. The molecule has 0 aliphatic carbocycles. The first-order valence-electron chi connectivity index (χ1n) is 9.80. The van der Waals surface area contributed by atoms with Crippen LogP contribution < -0.4 is 21.3 Å². The number of nitrogens with zero attached hydrogens (tertiary/aromatic N) is 6. The van der Waals surface area contributed by atoms with E-state index in [-0.39, 0.29) is 16.9 Å². The molecule has 2 aromatic heterocycles. The SMILES string of the molecule is CCNc1nc(Cl)nc(NC(C)C)n1.CCNc1nc(NC(C)(C)C)nc(SC)n1. The van der Waals surface area contributed by atoms with Crippen LogP contribution in [-0.4, -0.2) is 60.8 Å². The fourth-order valence-corrected chi connectivity index (χ4v) is 2.50. The van der Waals surface area contributed by atoms with E-state index in [0.717, 1.165) is 18.2 Å². The molecule has 0 saturated heterocycles. The average Bonchev–Trinajstić information content (AvgIpc) is 2.60. The van der Waals surface area contributed by atoms with Crippen LogP contribution >= 0.6 is 23.4 Å². The van der Waals surface area contributed by atoms with Crippen LogP contribution in [0.2, 0.25) is 5.28 Å². The number of hydrogen-bond donors (Lipinski definition) is 4. The highest BCUT2D eigenvalue weighted by Crippen LogP contribution is 2.16. The van der Waals surface area contributed by atoms with Gasteiger partial charge in [-0.3, -0.25) is 0 Å². The molecule has 0 amide bonds. The number of halogens is 1. The van der Waals surface area contributed by atoms with Gasteiger partial charge in [-0.2, -0.15) is 29.9 Å². The Bertz CT molecular complexity index is 782. The van der Waals surface area contributed by atoms with Crippen LogP contribution in [0.3, 0.4) is 0 Å². The van der Waals surface area contributed by atoms with E-state index in [4.69, 9.17) is 11.6 Å². The van der Waals surface area contributed by atoms with Gasteiger partial charge in [0.15, 0.2) is 5.16 Å². The average molecular weight is 457 g/mol.